The molecule has 1 amide bonds. The molecule has 0 bridgehead atoms. The molecular formula is C19H19N5O4S. The smallest absolute Gasteiger partial charge is 0.409 e. The first-order chi connectivity index (χ1) is 14.1. The molecule has 3 heterocycles. The standard InChI is InChI=1S/C19H19N5O4S/c1-27-19(8-9-19)16-21-14(25)13-15(22-16)29-17(20-13)23-10-5-11-24(23)18(26)28-12-6-3-2-4-7-12/h2-4,6-7H,5,8-11H2,1H3,(H,21,22,25). The third-order valence-electron chi connectivity index (χ3n) is 5.20. The van der Waals surface area contributed by atoms with Crippen LogP contribution in [-0.2, 0) is 10.3 Å². The van der Waals surface area contributed by atoms with E-state index >= 15 is 0 Å². The molecular weight excluding hydrogens is 394 g/mol. The quantitative estimate of drug-likeness (QED) is 0.702. The second-order valence-electron chi connectivity index (χ2n) is 7.04. The highest BCUT2D eigenvalue weighted by Crippen LogP contribution is 2.47. The number of thiazole rings is 1. The van der Waals surface area contributed by atoms with Gasteiger partial charge < -0.3 is 14.5 Å². The number of hydrogen-bond acceptors (Lipinski definition) is 8. The van der Waals surface area contributed by atoms with Crippen LogP contribution in [0.1, 0.15) is 25.1 Å². The zero-order valence-electron chi connectivity index (χ0n) is 15.8. The molecule has 2 aliphatic rings. The van der Waals surface area contributed by atoms with Crippen LogP contribution in [0.3, 0.4) is 0 Å². The summed E-state index contributed by atoms with van der Waals surface area (Å²) in [4.78, 5) is 37.6. The Labute approximate surface area is 169 Å². The van der Waals surface area contributed by atoms with E-state index in [2.05, 4.69) is 15.0 Å². The van der Waals surface area contributed by atoms with Crippen LogP contribution in [0.15, 0.2) is 35.1 Å². The molecule has 1 N–H and O–H groups in total. The van der Waals surface area contributed by atoms with Gasteiger partial charge in [0.05, 0.1) is 0 Å². The third-order valence-corrected chi connectivity index (χ3v) is 6.16. The van der Waals surface area contributed by atoms with Crippen molar-refractivity contribution in [2.24, 2.45) is 0 Å². The molecule has 3 aromatic rings. The number of carbonyl (C=O) groups is 1. The van der Waals surface area contributed by atoms with Crippen molar-refractivity contribution in [2.45, 2.75) is 24.9 Å². The number of nitrogens with zero attached hydrogens (tertiary/aromatic N) is 4. The van der Waals surface area contributed by atoms with E-state index in [-0.39, 0.29) is 11.1 Å². The number of methoxy groups -OCH3 is 1. The molecule has 150 valence electrons. The Balaban J connectivity index is 1.44. The van der Waals surface area contributed by atoms with Gasteiger partial charge in [0.15, 0.2) is 10.3 Å². The number of para-hydroxylation sites is 1. The number of aromatic amines is 1. The summed E-state index contributed by atoms with van der Waals surface area (Å²) in [5, 5.41) is 3.80. The van der Waals surface area contributed by atoms with Gasteiger partial charge >= 0.3 is 6.09 Å². The number of hydrogen-bond donors (Lipinski definition) is 1. The van der Waals surface area contributed by atoms with Crippen molar-refractivity contribution in [1.29, 1.82) is 0 Å². The van der Waals surface area contributed by atoms with Crippen LogP contribution in [0.4, 0.5) is 9.93 Å². The van der Waals surface area contributed by atoms with Crippen molar-refractivity contribution in [2.75, 3.05) is 25.2 Å². The van der Waals surface area contributed by atoms with Crippen molar-refractivity contribution in [3.8, 4) is 5.75 Å². The Bertz CT molecular complexity index is 1120. The molecule has 1 saturated carbocycles. The van der Waals surface area contributed by atoms with Crippen molar-refractivity contribution in [3.05, 3.63) is 46.5 Å². The van der Waals surface area contributed by atoms with Gasteiger partial charge in [0.2, 0.25) is 5.13 Å². The number of nitrogens with one attached hydrogen (secondary N) is 1. The zero-order chi connectivity index (χ0) is 20.0. The first kappa shape index (κ1) is 18.1. The topological polar surface area (TPSA) is 101 Å². The van der Waals surface area contributed by atoms with Gasteiger partial charge in [0.25, 0.3) is 5.56 Å². The molecule has 1 saturated heterocycles. The maximum atomic E-state index is 12.7. The van der Waals surface area contributed by atoms with Crippen molar-refractivity contribution >= 4 is 32.9 Å². The van der Waals surface area contributed by atoms with Gasteiger partial charge in [-0.15, -0.1) is 0 Å². The van der Waals surface area contributed by atoms with Crippen LogP contribution < -0.4 is 15.3 Å². The number of rotatable bonds is 4. The maximum absolute atomic E-state index is 12.7. The first-order valence-corrected chi connectivity index (χ1v) is 10.2. The first-order valence-electron chi connectivity index (χ1n) is 9.38. The second-order valence-corrected chi connectivity index (χ2v) is 8.00. The molecule has 0 radical (unpaired) electrons. The van der Waals surface area contributed by atoms with Crippen LogP contribution in [0.2, 0.25) is 0 Å². The molecule has 10 heteroatoms. The van der Waals surface area contributed by atoms with E-state index in [0.717, 1.165) is 19.3 Å². The van der Waals surface area contributed by atoms with E-state index in [1.165, 1.54) is 16.3 Å². The molecule has 0 atom stereocenters. The molecule has 1 aliphatic heterocycles. The summed E-state index contributed by atoms with van der Waals surface area (Å²) >= 11 is 1.28. The second kappa shape index (κ2) is 6.82. The van der Waals surface area contributed by atoms with E-state index in [0.29, 0.717) is 34.6 Å². The average molecular weight is 413 g/mol. The lowest BCUT2D eigenvalue weighted by Crippen LogP contribution is -2.43. The number of anilines is 1. The fraction of sp³-hybridized carbons (Fsp3) is 0.368. The Morgan fingerprint density at radius 2 is 2.00 bits per heavy atom. The van der Waals surface area contributed by atoms with E-state index in [1.807, 2.05) is 6.07 Å². The average Bonchev–Trinajstić information content (AvgIpc) is 3.17. The van der Waals surface area contributed by atoms with Crippen molar-refractivity contribution < 1.29 is 14.3 Å². The molecule has 9 nitrogen and oxygen atoms in total. The highest BCUT2D eigenvalue weighted by molar-refractivity contribution is 7.21. The number of fused-ring (bicyclic) bond motifs is 1. The van der Waals surface area contributed by atoms with Gasteiger partial charge in [-0.3, -0.25) is 9.80 Å². The Hall–Kier alpha value is -2.98. The van der Waals surface area contributed by atoms with Gasteiger partial charge in [-0.05, 0) is 31.4 Å². The van der Waals surface area contributed by atoms with Gasteiger partial charge in [-0.1, -0.05) is 29.5 Å². The zero-order valence-corrected chi connectivity index (χ0v) is 16.6. The molecule has 1 aromatic carbocycles. The summed E-state index contributed by atoms with van der Waals surface area (Å²) in [7, 11) is 1.62. The molecule has 5 rings (SSSR count). The Morgan fingerprint density at radius 3 is 2.72 bits per heavy atom. The highest BCUT2D eigenvalue weighted by atomic mass is 32.1. The number of benzene rings is 1. The fourth-order valence-electron chi connectivity index (χ4n) is 3.44. The maximum Gasteiger partial charge on any atom is 0.434 e. The lowest BCUT2D eigenvalue weighted by Gasteiger charge is -2.26. The molecule has 2 aromatic heterocycles. The number of amides is 1. The highest BCUT2D eigenvalue weighted by Gasteiger charge is 2.47. The minimum absolute atomic E-state index is 0.268. The number of H-pyrrole nitrogens is 1. The monoisotopic (exact) mass is 413 g/mol. The Kier molecular flexibility index (Phi) is 4.25. The molecule has 0 spiro atoms. The number of hydrazine groups is 1. The van der Waals surface area contributed by atoms with Gasteiger partial charge in [0, 0.05) is 20.2 Å². The lowest BCUT2D eigenvalue weighted by atomic mass is 10.3. The van der Waals surface area contributed by atoms with Crippen LogP contribution in [-0.4, -0.2) is 46.3 Å². The number of carbonyl (C=O) groups excluding carboxylic acids is 1. The van der Waals surface area contributed by atoms with Gasteiger partial charge in [-0.2, -0.15) is 0 Å². The summed E-state index contributed by atoms with van der Waals surface area (Å²) in [6.45, 7) is 1.12. The summed E-state index contributed by atoms with van der Waals surface area (Å²) < 4.78 is 11.0. The van der Waals surface area contributed by atoms with Crippen LogP contribution in [0.25, 0.3) is 10.3 Å². The summed E-state index contributed by atoms with van der Waals surface area (Å²) in [6.07, 6.45) is 1.96. The van der Waals surface area contributed by atoms with Crippen LogP contribution in [0.5, 0.6) is 5.75 Å². The Morgan fingerprint density at radius 1 is 1.21 bits per heavy atom. The molecule has 1 aliphatic carbocycles. The minimum atomic E-state index is -0.489. The fourth-order valence-corrected chi connectivity index (χ4v) is 4.42. The SMILES string of the molecule is COC1(c2nc3sc(N4CCCN4C(=O)Oc4ccccc4)nc3c(=O)[nH]2)CC1. The molecule has 29 heavy (non-hydrogen) atoms. The number of aromatic nitrogens is 3. The van der Waals surface area contributed by atoms with E-state index in [9.17, 15) is 9.59 Å². The summed E-state index contributed by atoms with van der Waals surface area (Å²) in [5.74, 6) is 1.01. The van der Waals surface area contributed by atoms with Crippen molar-refractivity contribution in [3.63, 3.8) is 0 Å². The third kappa shape index (κ3) is 3.14. The molecule has 2 fully saturated rings. The summed E-state index contributed by atoms with van der Waals surface area (Å²) in [5.41, 5.74) is -0.520. The van der Waals surface area contributed by atoms with Gasteiger partial charge in [0.1, 0.15) is 17.2 Å². The van der Waals surface area contributed by atoms with E-state index in [1.54, 1.807) is 36.4 Å². The van der Waals surface area contributed by atoms with E-state index in [4.69, 9.17) is 9.47 Å². The van der Waals surface area contributed by atoms with Crippen molar-refractivity contribution in [1.82, 2.24) is 20.0 Å². The predicted molar refractivity (Wildman–Crippen MR) is 107 cm³/mol. The molecule has 0 unspecified atom stereocenters. The minimum Gasteiger partial charge on any atom is -0.409 e. The van der Waals surface area contributed by atoms with Crippen LogP contribution in [0, 0.1) is 0 Å². The normalized spacial score (nSPS) is 17.7. The lowest BCUT2D eigenvalue weighted by molar-refractivity contribution is 0.0712. The van der Waals surface area contributed by atoms with E-state index < -0.39 is 11.7 Å². The van der Waals surface area contributed by atoms with Crippen LogP contribution >= 0.6 is 11.3 Å². The summed E-state index contributed by atoms with van der Waals surface area (Å²) in [6, 6.07) is 8.92. The largest absolute Gasteiger partial charge is 0.434 e. The predicted octanol–water partition coefficient (Wildman–Crippen LogP) is 2.64. The number of ether oxygens (including phenoxy) is 2. The van der Waals surface area contributed by atoms with Gasteiger partial charge in [-0.25, -0.2) is 19.8 Å².